The summed E-state index contributed by atoms with van der Waals surface area (Å²) in [4.78, 5) is 2.12. The molecule has 0 saturated heterocycles. The third-order valence-electron chi connectivity index (χ3n) is 3.17. The maximum Gasteiger partial charge on any atom is 0.125 e. The van der Waals surface area contributed by atoms with Gasteiger partial charge in [0.15, 0.2) is 0 Å². The lowest BCUT2D eigenvalue weighted by molar-refractivity contribution is 0.376. The van der Waals surface area contributed by atoms with Crippen LogP contribution >= 0.6 is 0 Å². The van der Waals surface area contributed by atoms with Crippen molar-refractivity contribution in [1.82, 2.24) is 5.32 Å². The normalized spacial score (nSPS) is 12.8. The lowest BCUT2D eigenvalue weighted by atomic mass is 9.95. The van der Waals surface area contributed by atoms with E-state index in [1.165, 1.54) is 6.07 Å². The monoisotopic (exact) mass is 238 g/mol. The molecule has 0 aliphatic heterocycles. The second-order valence-electron chi connectivity index (χ2n) is 4.92. The minimum Gasteiger partial charge on any atom is -0.374 e. The van der Waals surface area contributed by atoms with Crippen LogP contribution < -0.4 is 10.2 Å². The molecule has 0 saturated carbocycles. The predicted octanol–water partition coefficient (Wildman–Crippen LogP) is 2.75. The molecule has 0 radical (unpaired) electrons. The van der Waals surface area contributed by atoms with Crippen molar-refractivity contribution >= 4 is 5.69 Å². The molecule has 0 amide bonds. The van der Waals surface area contributed by atoms with E-state index in [1.54, 1.807) is 12.1 Å². The number of nitrogens with one attached hydrogen (secondary N) is 1. The minimum atomic E-state index is -0.177. The summed E-state index contributed by atoms with van der Waals surface area (Å²) in [6.07, 6.45) is 0. The van der Waals surface area contributed by atoms with Gasteiger partial charge < -0.3 is 10.2 Å². The van der Waals surface area contributed by atoms with Gasteiger partial charge in [-0.25, -0.2) is 4.39 Å². The first-order valence-corrected chi connectivity index (χ1v) is 6.16. The zero-order valence-electron chi connectivity index (χ0n) is 11.2. The van der Waals surface area contributed by atoms with Crippen LogP contribution in [0.5, 0.6) is 0 Å². The summed E-state index contributed by atoms with van der Waals surface area (Å²) in [5.41, 5.74) is 0.937. The van der Waals surface area contributed by atoms with Gasteiger partial charge in [-0.2, -0.15) is 0 Å². The fraction of sp³-hybridized carbons (Fsp3) is 0.571. The van der Waals surface area contributed by atoms with Crippen LogP contribution in [0.3, 0.4) is 0 Å². The molecule has 1 aromatic rings. The van der Waals surface area contributed by atoms with Crippen molar-refractivity contribution in [2.75, 3.05) is 32.1 Å². The van der Waals surface area contributed by atoms with Crippen molar-refractivity contribution in [2.45, 2.75) is 13.8 Å². The smallest absolute Gasteiger partial charge is 0.125 e. The van der Waals surface area contributed by atoms with Crippen LogP contribution in [0.1, 0.15) is 13.8 Å². The Bertz CT molecular complexity index is 339. The summed E-state index contributed by atoms with van der Waals surface area (Å²) in [6, 6.07) is 6.76. The topological polar surface area (TPSA) is 15.3 Å². The quantitative estimate of drug-likeness (QED) is 0.820. The molecule has 0 heterocycles. The van der Waals surface area contributed by atoms with E-state index in [9.17, 15) is 4.39 Å². The number of rotatable bonds is 6. The van der Waals surface area contributed by atoms with E-state index in [0.717, 1.165) is 18.8 Å². The molecule has 1 atom stereocenters. The van der Waals surface area contributed by atoms with Crippen molar-refractivity contribution in [3.05, 3.63) is 30.1 Å². The van der Waals surface area contributed by atoms with E-state index in [1.807, 2.05) is 20.2 Å². The van der Waals surface area contributed by atoms with Crippen LogP contribution in [0.15, 0.2) is 24.3 Å². The predicted molar refractivity (Wildman–Crippen MR) is 71.9 cm³/mol. The van der Waals surface area contributed by atoms with Gasteiger partial charge in [0, 0.05) is 19.3 Å². The number of hydrogen-bond donors (Lipinski definition) is 1. The minimum absolute atomic E-state index is 0.177. The zero-order valence-corrected chi connectivity index (χ0v) is 11.2. The highest BCUT2D eigenvalue weighted by Crippen LogP contribution is 2.18. The van der Waals surface area contributed by atoms with Gasteiger partial charge in [0.1, 0.15) is 5.82 Å². The molecule has 1 aromatic carbocycles. The SMILES string of the molecule is CNCC(CN(C)c1cccc(F)c1)C(C)C. The molecule has 2 nitrogen and oxygen atoms in total. The molecular weight excluding hydrogens is 215 g/mol. The van der Waals surface area contributed by atoms with Gasteiger partial charge >= 0.3 is 0 Å². The van der Waals surface area contributed by atoms with E-state index >= 15 is 0 Å². The summed E-state index contributed by atoms with van der Waals surface area (Å²) in [5.74, 6) is 0.996. The van der Waals surface area contributed by atoms with Gasteiger partial charge in [-0.1, -0.05) is 19.9 Å². The first-order valence-electron chi connectivity index (χ1n) is 6.16. The zero-order chi connectivity index (χ0) is 12.8. The molecule has 0 aromatic heterocycles. The number of benzene rings is 1. The molecule has 96 valence electrons. The Balaban J connectivity index is 2.66. The molecule has 1 rings (SSSR count). The van der Waals surface area contributed by atoms with Gasteiger partial charge in [0.2, 0.25) is 0 Å². The Morgan fingerprint density at radius 2 is 2.06 bits per heavy atom. The average Bonchev–Trinajstić information content (AvgIpc) is 2.28. The van der Waals surface area contributed by atoms with Crippen LogP contribution in [0.25, 0.3) is 0 Å². The third-order valence-corrected chi connectivity index (χ3v) is 3.17. The first kappa shape index (κ1) is 14.0. The first-order chi connectivity index (χ1) is 8.04. The van der Waals surface area contributed by atoms with Gasteiger partial charge in [-0.05, 0) is 43.6 Å². The van der Waals surface area contributed by atoms with E-state index in [-0.39, 0.29) is 5.82 Å². The summed E-state index contributed by atoms with van der Waals surface area (Å²) < 4.78 is 13.1. The van der Waals surface area contributed by atoms with Gasteiger partial charge in [-0.3, -0.25) is 0 Å². The van der Waals surface area contributed by atoms with Crippen molar-refractivity contribution < 1.29 is 4.39 Å². The fourth-order valence-corrected chi connectivity index (χ4v) is 1.94. The van der Waals surface area contributed by atoms with Crippen molar-refractivity contribution in [3.8, 4) is 0 Å². The maximum atomic E-state index is 13.1. The second kappa shape index (κ2) is 6.60. The lowest BCUT2D eigenvalue weighted by Crippen LogP contribution is -2.34. The summed E-state index contributed by atoms with van der Waals surface area (Å²) in [6.45, 7) is 6.36. The molecule has 0 aliphatic carbocycles. The van der Waals surface area contributed by atoms with Crippen molar-refractivity contribution in [2.24, 2.45) is 11.8 Å². The van der Waals surface area contributed by atoms with Gasteiger partial charge in [0.25, 0.3) is 0 Å². The lowest BCUT2D eigenvalue weighted by Gasteiger charge is -2.28. The second-order valence-corrected chi connectivity index (χ2v) is 4.92. The highest BCUT2D eigenvalue weighted by Gasteiger charge is 2.15. The van der Waals surface area contributed by atoms with Crippen LogP contribution in [-0.4, -0.2) is 27.2 Å². The Labute approximate surface area is 104 Å². The third kappa shape index (κ3) is 4.35. The standard InChI is InChI=1S/C14H23FN2/c1-11(2)12(9-16-3)10-17(4)14-7-5-6-13(15)8-14/h5-8,11-12,16H,9-10H2,1-4H3. The highest BCUT2D eigenvalue weighted by molar-refractivity contribution is 5.45. The Morgan fingerprint density at radius 1 is 1.35 bits per heavy atom. The van der Waals surface area contributed by atoms with E-state index in [2.05, 4.69) is 24.1 Å². The Kier molecular flexibility index (Phi) is 5.42. The molecule has 0 spiro atoms. The van der Waals surface area contributed by atoms with Crippen molar-refractivity contribution in [3.63, 3.8) is 0 Å². The van der Waals surface area contributed by atoms with Gasteiger partial charge in [0.05, 0.1) is 0 Å². The average molecular weight is 238 g/mol. The number of nitrogens with zero attached hydrogens (tertiary/aromatic N) is 1. The molecule has 1 N–H and O–H groups in total. The number of hydrogen-bond acceptors (Lipinski definition) is 2. The number of halogens is 1. The summed E-state index contributed by atoms with van der Waals surface area (Å²) in [5, 5.41) is 3.22. The molecule has 17 heavy (non-hydrogen) atoms. The molecule has 0 fully saturated rings. The number of anilines is 1. The fourth-order valence-electron chi connectivity index (χ4n) is 1.94. The van der Waals surface area contributed by atoms with E-state index in [0.29, 0.717) is 11.8 Å². The largest absolute Gasteiger partial charge is 0.374 e. The van der Waals surface area contributed by atoms with Gasteiger partial charge in [-0.15, -0.1) is 0 Å². The highest BCUT2D eigenvalue weighted by atomic mass is 19.1. The summed E-state index contributed by atoms with van der Waals surface area (Å²) in [7, 11) is 3.98. The summed E-state index contributed by atoms with van der Waals surface area (Å²) >= 11 is 0. The molecule has 1 unspecified atom stereocenters. The molecular formula is C14H23FN2. The maximum absolute atomic E-state index is 13.1. The molecule has 3 heteroatoms. The van der Waals surface area contributed by atoms with Crippen LogP contribution in [0, 0.1) is 17.7 Å². The molecule has 0 aliphatic rings. The Hall–Kier alpha value is -1.09. The van der Waals surface area contributed by atoms with E-state index < -0.39 is 0 Å². The van der Waals surface area contributed by atoms with E-state index in [4.69, 9.17) is 0 Å². The van der Waals surface area contributed by atoms with Crippen LogP contribution in [0.4, 0.5) is 10.1 Å². The Morgan fingerprint density at radius 3 is 2.59 bits per heavy atom. The van der Waals surface area contributed by atoms with Crippen LogP contribution in [-0.2, 0) is 0 Å². The molecule has 0 bridgehead atoms. The van der Waals surface area contributed by atoms with Crippen molar-refractivity contribution in [1.29, 1.82) is 0 Å². The van der Waals surface area contributed by atoms with Crippen LogP contribution in [0.2, 0.25) is 0 Å².